The van der Waals surface area contributed by atoms with E-state index in [1.54, 1.807) is 40.1 Å². The largest absolute Gasteiger partial charge is 0.394 e. The lowest BCUT2D eigenvalue weighted by atomic mass is 10.5. The fraction of sp³-hybridized carbons (Fsp3) is 0.750. The van der Waals surface area contributed by atoms with Gasteiger partial charge in [-0.1, -0.05) is 5.21 Å². The number of nitrogens with one attached hydrogen (secondary N) is 1. The van der Waals surface area contributed by atoms with Gasteiger partial charge in [-0.05, 0) is 27.7 Å². The highest BCUT2D eigenvalue weighted by Gasteiger charge is 1.69. The maximum absolute atomic E-state index is 8.06. The summed E-state index contributed by atoms with van der Waals surface area (Å²) < 4.78 is 0. The topological polar surface area (TPSA) is 117 Å². The van der Waals surface area contributed by atoms with Gasteiger partial charge in [0.2, 0.25) is 0 Å². The number of rotatable bonds is 0. The Morgan fingerprint density at radius 3 is 1.50 bits per heavy atom. The molecular formula is C8H22N4O2. The molecule has 0 aliphatic heterocycles. The Morgan fingerprint density at radius 1 is 1.07 bits per heavy atom. The maximum Gasteiger partial charge on any atom is 0.0690 e. The molecule has 1 rings (SSSR count). The average molecular weight is 206 g/mol. The predicted octanol–water partition coefficient (Wildman–Crippen LogP) is 0.741. The van der Waals surface area contributed by atoms with Crippen LogP contribution in [-0.2, 0) is 0 Å². The minimum atomic E-state index is -0.167. The molecule has 1 aromatic heterocycles. The van der Waals surface area contributed by atoms with Crippen LogP contribution in [0.25, 0.3) is 0 Å². The minimum absolute atomic E-state index is 0. The molecule has 0 atom stereocenters. The fourth-order valence-corrected chi connectivity index (χ4v) is 0.167. The maximum atomic E-state index is 8.06. The molecule has 0 bridgehead atoms. The Kier molecular flexibility index (Phi) is 19.5. The van der Waals surface area contributed by atoms with Gasteiger partial charge in [-0.15, -0.1) is 5.10 Å². The van der Waals surface area contributed by atoms with Crippen LogP contribution in [0.3, 0.4) is 0 Å². The first kappa shape index (κ1) is 18.7. The Balaban J connectivity index is -0.000000127. The molecule has 0 radical (unpaired) electrons. The Labute approximate surface area is 84.9 Å². The summed E-state index contributed by atoms with van der Waals surface area (Å²) in [5, 5.41) is 25.4. The van der Waals surface area contributed by atoms with Crippen molar-refractivity contribution in [2.45, 2.75) is 39.9 Å². The van der Waals surface area contributed by atoms with Gasteiger partial charge in [-0.25, -0.2) is 0 Å². The molecule has 6 heteroatoms. The van der Waals surface area contributed by atoms with Gasteiger partial charge >= 0.3 is 0 Å². The van der Waals surface area contributed by atoms with Gasteiger partial charge in [-0.2, -0.15) is 0 Å². The zero-order valence-corrected chi connectivity index (χ0v) is 9.31. The third-order valence-electron chi connectivity index (χ3n) is 0.331. The molecule has 0 fully saturated rings. The van der Waals surface area contributed by atoms with Crippen LogP contribution < -0.4 is 6.15 Å². The molecule has 0 saturated carbocycles. The summed E-state index contributed by atoms with van der Waals surface area (Å²) in [5.74, 6) is 0. The van der Waals surface area contributed by atoms with Crippen molar-refractivity contribution in [2.75, 3.05) is 0 Å². The lowest BCUT2D eigenvalue weighted by Crippen LogP contribution is -1.85. The Hall–Kier alpha value is -0.980. The zero-order chi connectivity index (χ0) is 10.7. The van der Waals surface area contributed by atoms with Crippen LogP contribution in [-0.4, -0.2) is 37.8 Å². The van der Waals surface area contributed by atoms with Crippen molar-refractivity contribution in [1.82, 2.24) is 21.6 Å². The molecule has 0 amide bonds. The standard InChI is InChI=1S/2C3H8O.C2H3N3.H3N/c2*1-3(2)4;1-2-4-5-3-1;/h2*3-4H,1-2H3;1-2H,(H,3,4,5);1H3. The summed E-state index contributed by atoms with van der Waals surface area (Å²) in [5.41, 5.74) is 0. The second-order valence-electron chi connectivity index (χ2n) is 2.85. The number of aromatic amines is 1. The van der Waals surface area contributed by atoms with E-state index in [9.17, 15) is 0 Å². The van der Waals surface area contributed by atoms with Crippen molar-refractivity contribution < 1.29 is 10.2 Å². The predicted molar refractivity (Wildman–Crippen MR) is 56.1 cm³/mol. The van der Waals surface area contributed by atoms with Crippen LogP contribution in [0, 0.1) is 0 Å². The van der Waals surface area contributed by atoms with E-state index in [1.165, 1.54) is 0 Å². The van der Waals surface area contributed by atoms with Crippen LogP contribution in [0.15, 0.2) is 12.4 Å². The molecule has 14 heavy (non-hydrogen) atoms. The Bertz CT molecular complexity index is 126. The summed E-state index contributed by atoms with van der Waals surface area (Å²) in [6, 6.07) is 0. The molecule has 1 heterocycles. The summed E-state index contributed by atoms with van der Waals surface area (Å²) in [4.78, 5) is 0. The molecule has 0 saturated heterocycles. The average Bonchev–Trinajstić information content (AvgIpc) is 2.35. The molecule has 0 aromatic carbocycles. The number of nitrogens with zero attached hydrogens (tertiary/aromatic N) is 2. The Morgan fingerprint density at radius 2 is 1.43 bits per heavy atom. The van der Waals surface area contributed by atoms with Crippen LogP contribution in [0.1, 0.15) is 27.7 Å². The highest BCUT2D eigenvalue weighted by Crippen LogP contribution is 1.65. The third-order valence-corrected chi connectivity index (χ3v) is 0.331. The molecule has 0 unspecified atom stereocenters. The van der Waals surface area contributed by atoms with Gasteiger partial charge in [-0.3, -0.25) is 5.10 Å². The first-order chi connectivity index (χ1) is 5.96. The van der Waals surface area contributed by atoms with Gasteiger partial charge < -0.3 is 16.4 Å². The van der Waals surface area contributed by atoms with Crippen LogP contribution in [0.2, 0.25) is 0 Å². The van der Waals surface area contributed by atoms with E-state index in [4.69, 9.17) is 10.2 Å². The molecule has 6 nitrogen and oxygen atoms in total. The quantitative estimate of drug-likeness (QED) is 0.499. The van der Waals surface area contributed by atoms with Gasteiger partial charge in [0, 0.05) is 18.4 Å². The zero-order valence-electron chi connectivity index (χ0n) is 9.31. The van der Waals surface area contributed by atoms with Gasteiger partial charge in [0.25, 0.3) is 0 Å². The first-order valence-corrected chi connectivity index (χ1v) is 4.13. The number of hydrogen-bond donors (Lipinski definition) is 4. The molecule has 86 valence electrons. The fourth-order valence-electron chi connectivity index (χ4n) is 0.167. The molecule has 0 spiro atoms. The number of aliphatic hydroxyl groups excluding tert-OH is 2. The van der Waals surface area contributed by atoms with Gasteiger partial charge in [0.05, 0.1) is 6.20 Å². The first-order valence-electron chi connectivity index (χ1n) is 4.13. The number of aromatic nitrogens is 3. The van der Waals surface area contributed by atoms with E-state index in [-0.39, 0.29) is 18.4 Å². The summed E-state index contributed by atoms with van der Waals surface area (Å²) in [7, 11) is 0. The molecule has 1 aromatic rings. The van der Waals surface area contributed by atoms with Crippen molar-refractivity contribution in [3.63, 3.8) is 0 Å². The molecule has 0 aliphatic carbocycles. The highest BCUT2D eigenvalue weighted by molar-refractivity contribution is 4.54. The van der Waals surface area contributed by atoms with Crippen LogP contribution in [0.5, 0.6) is 0 Å². The van der Waals surface area contributed by atoms with E-state index in [0.717, 1.165) is 0 Å². The number of hydrogen-bond acceptors (Lipinski definition) is 5. The highest BCUT2D eigenvalue weighted by atomic mass is 16.3. The number of aliphatic hydroxyl groups is 2. The summed E-state index contributed by atoms with van der Waals surface area (Å²) >= 11 is 0. The van der Waals surface area contributed by atoms with E-state index >= 15 is 0 Å². The lowest BCUT2D eigenvalue weighted by Gasteiger charge is -1.80. The van der Waals surface area contributed by atoms with Crippen molar-refractivity contribution in [3.8, 4) is 0 Å². The van der Waals surface area contributed by atoms with Crippen LogP contribution >= 0.6 is 0 Å². The normalized spacial score (nSPS) is 8.00. The molecule has 6 N–H and O–H groups in total. The molecule has 0 aliphatic rings. The van der Waals surface area contributed by atoms with Crippen LogP contribution in [0.4, 0.5) is 0 Å². The third kappa shape index (κ3) is 68.5. The van der Waals surface area contributed by atoms with E-state index in [1.807, 2.05) is 0 Å². The molecular weight excluding hydrogens is 184 g/mol. The van der Waals surface area contributed by atoms with Crippen molar-refractivity contribution in [2.24, 2.45) is 0 Å². The lowest BCUT2D eigenvalue weighted by molar-refractivity contribution is 0.215. The van der Waals surface area contributed by atoms with Crippen molar-refractivity contribution in [1.29, 1.82) is 0 Å². The minimum Gasteiger partial charge on any atom is -0.394 e. The number of H-pyrrole nitrogens is 1. The summed E-state index contributed by atoms with van der Waals surface area (Å²) in [6.07, 6.45) is 2.90. The summed E-state index contributed by atoms with van der Waals surface area (Å²) in [6.45, 7) is 6.89. The van der Waals surface area contributed by atoms with Gasteiger partial charge in [0.15, 0.2) is 0 Å². The second-order valence-corrected chi connectivity index (χ2v) is 2.85. The van der Waals surface area contributed by atoms with Gasteiger partial charge in [0.1, 0.15) is 0 Å². The van der Waals surface area contributed by atoms with Crippen molar-refractivity contribution in [3.05, 3.63) is 12.4 Å². The smallest absolute Gasteiger partial charge is 0.0690 e. The SMILES string of the molecule is CC(C)O.CC(C)O.N.c1c[nH]nn1. The van der Waals surface area contributed by atoms with E-state index in [2.05, 4.69) is 15.4 Å². The van der Waals surface area contributed by atoms with E-state index < -0.39 is 0 Å². The monoisotopic (exact) mass is 206 g/mol. The van der Waals surface area contributed by atoms with E-state index in [0.29, 0.717) is 0 Å². The second kappa shape index (κ2) is 14.5. The van der Waals surface area contributed by atoms with Crippen molar-refractivity contribution >= 4 is 0 Å².